The second-order valence-electron chi connectivity index (χ2n) is 5.99. The van der Waals surface area contributed by atoms with Crippen LogP contribution in [0.15, 0.2) is 36.4 Å². The van der Waals surface area contributed by atoms with Gasteiger partial charge in [0, 0.05) is 5.69 Å². The molecule has 0 fully saturated rings. The summed E-state index contributed by atoms with van der Waals surface area (Å²) in [5.41, 5.74) is 5.27. The number of amides is 1. The molecule has 0 unspecified atom stereocenters. The fraction of sp³-hybridized carbons (Fsp3) is 0.235. The van der Waals surface area contributed by atoms with Crippen molar-refractivity contribution in [2.24, 2.45) is 5.73 Å². The van der Waals surface area contributed by atoms with Crippen molar-refractivity contribution in [1.82, 2.24) is 0 Å². The van der Waals surface area contributed by atoms with Gasteiger partial charge in [0.05, 0.1) is 15.6 Å². The largest absolute Gasteiger partial charge is 0.573 e. The third-order valence-electron chi connectivity index (χ3n) is 3.49. The molecular formula is C17H14Cl2F4N2O2. The molecule has 0 aromatic heterocycles. The van der Waals surface area contributed by atoms with Crippen molar-refractivity contribution in [1.29, 1.82) is 0 Å². The van der Waals surface area contributed by atoms with Crippen molar-refractivity contribution >= 4 is 34.8 Å². The molecule has 0 bridgehead atoms. The van der Waals surface area contributed by atoms with Crippen molar-refractivity contribution < 1.29 is 27.1 Å². The zero-order valence-electron chi connectivity index (χ0n) is 13.8. The van der Waals surface area contributed by atoms with E-state index in [0.29, 0.717) is 5.56 Å². The Morgan fingerprint density at radius 2 is 1.67 bits per heavy atom. The fourth-order valence-corrected chi connectivity index (χ4v) is 2.70. The van der Waals surface area contributed by atoms with Crippen molar-refractivity contribution in [2.75, 3.05) is 5.32 Å². The molecule has 0 heterocycles. The van der Waals surface area contributed by atoms with Gasteiger partial charge in [0.1, 0.15) is 5.75 Å². The SMILES string of the molecule is C[C@@](N)(Cc1ccc(OC(F)(F)F)cc1)C(=O)Nc1cc(Cl)c(F)c(Cl)c1. The highest BCUT2D eigenvalue weighted by molar-refractivity contribution is 6.35. The summed E-state index contributed by atoms with van der Waals surface area (Å²) in [6.45, 7) is 1.44. The molecule has 0 radical (unpaired) electrons. The number of benzene rings is 2. The molecule has 2 rings (SSSR count). The van der Waals surface area contributed by atoms with Crippen LogP contribution in [-0.4, -0.2) is 17.8 Å². The van der Waals surface area contributed by atoms with Crippen molar-refractivity contribution in [3.63, 3.8) is 0 Å². The van der Waals surface area contributed by atoms with Gasteiger partial charge in [-0.1, -0.05) is 35.3 Å². The van der Waals surface area contributed by atoms with Crippen LogP contribution < -0.4 is 15.8 Å². The van der Waals surface area contributed by atoms with Crippen LogP contribution in [0.4, 0.5) is 23.2 Å². The van der Waals surface area contributed by atoms with Crippen LogP contribution in [0, 0.1) is 5.82 Å². The lowest BCUT2D eigenvalue weighted by atomic mass is 9.93. The monoisotopic (exact) mass is 424 g/mol. The van der Waals surface area contributed by atoms with E-state index < -0.39 is 23.6 Å². The summed E-state index contributed by atoms with van der Waals surface area (Å²) in [4.78, 5) is 12.4. The van der Waals surface area contributed by atoms with E-state index in [0.717, 1.165) is 12.1 Å². The van der Waals surface area contributed by atoms with Gasteiger partial charge in [0.15, 0.2) is 5.82 Å². The lowest BCUT2D eigenvalue weighted by molar-refractivity contribution is -0.274. The molecule has 0 aliphatic rings. The Kier molecular flexibility index (Phi) is 6.24. The highest BCUT2D eigenvalue weighted by Gasteiger charge is 2.32. The van der Waals surface area contributed by atoms with E-state index in [4.69, 9.17) is 28.9 Å². The molecule has 2 aromatic carbocycles. The van der Waals surface area contributed by atoms with E-state index in [-0.39, 0.29) is 27.9 Å². The minimum absolute atomic E-state index is 0.0216. The van der Waals surface area contributed by atoms with E-state index in [2.05, 4.69) is 10.1 Å². The highest BCUT2D eigenvalue weighted by Crippen LogP contribution is 2.28. The highest BCUT2D eigenvalue weighted by atomic mass is 35.5. The molecule has 1 amide bonds. The van der Waals surface area contributed by atoms with Gasteiger partial charge in [-0.05, 0) is 43.2 Å². The lowest BCUT2D eigenvalue weighted by Gasteiger charge is -2.24. The summed E-state index contributed by atoms with van der Waals surface area (Å²) in [6, 6.07) is 7.34. The molecule has 2 aromatic rings. The summed E-state index contributed by atoms with van der Waals surface area (Å²) < 4.78 is 53.7. The number of nitrogens with one attached hydrogen (secondary N) is 1. The minimum atomic E-state index is -4.79. The molecule has 4 nitrogen and oxygen atoms in total. The molecule has 0 saturated carbocycles. The number of alkyl halides is 3. The van der Waals surface area contributed by atoms with E-state index in [1.54, 1.807) is 0 Å². The smallest absolute Gasteiger partial charge is 0.406 e. The molecule has 3 N–H and O–H groups in total. The van der Waals surface area contributed by atoms with Crippen LogP contribution in [0.25, 0.3) is 0 Å². The molecule has 10 heteroatoms. The normalized spacial score (nSPS) is 13.8. The summed E-state index contributed by atoms with van der Waals surface area (Å²) in [5.74, 6) is -1.81. The zero-order chi connectivity index (χ0) is 20.4. The van der Waals surface area contributed by atoms with Crippen LogP contribution in [0.1, 0.15) is 12.5 Å². The Labute approximate surface area is 162 Å². The van der Waals surface area contributed by atoms with Gasteiger partial charge in [-0.2, -0.15) is 0 Å². The van der Waals surface area contributed by atoms with E-state index >= 15 is 0 Å². The second kappa shape index (κ2) is 7.92. The summed E-state index contributed by atoms with van der Waals surface area (Å²) in [7, 11) is 0. The van der Waals surface area contributed by atoms with E-state index in [9.17, 15) is 22.4 Å². The van der Waals surface area contributed by atoms with E-state index in [1.807, 2.05) is 0 Å². The van der Waals surface area contributed by atoms with Crippen LogP contribution >= 0.6 is 23.2 Å². The Morgan fingerprint density at radius 1 is 1.15 bits per heavy atom. The maximum absolute atomic E-state index is 13.4. The van der Waals surface area contributed by atoms with Gasteiger partial charge in [-0.3, -0.25) is 4.79 Å². The number of halogens is 6. The number of nitrogens with two attached hydrogens (primary N) is 1. The number of carbonyl (C=O) groups is 1. The standard InChI is InChI=1S/C17H14Cl2F4N2O2/c1-16(24,8-9-2-4-11(5-3-9)27-17(21,22)23)15(26)25-10-6-12(18)14(20)13(19)7-10/h2-7H,8,24H2,1H3,(H,25,26)/t16-/m1/s1. The van der Waals surface area contributed by atoms with Gasteiger partial charge in [-0.15, -0.1) is 13.2 Å². The Morgan fingerprint density at radius 3 is 2.15 bits per heavy atom. The van der Waals surface area contributed by atoms with Gasteiger partial charge < -0.3 is 15.8 Å². The van der Waals surface area contributed by atoms with Gasteiger partial charge >= 0.3 is 6.36 Å². The molecule has 0 aliphatic heterocycles. The Bertz CT molecular complexity index is 817. The second-order valence-corrected chi connectivity index (χ2v) is 6.81. The summed E-state index contributed by atoms with van der Waals surface area (Å²) in [5, 5.41) is 1.95. The molecular weight excluding hydrogens is 411 g/mol. The van der Waals surface area contributed by atoms with Crippen molar-refractivity contribution in [3.8, 4) is 5.75 Å². The Hall–Kier alpha value is -2.03. The lowest BCUT2D eigenvalue weighted by Crippen LogP contribution is -2.50. The number of ether oxygens (including phenoxy) is 1. The first-order valence-corrected chi connectivity index (χ1v) is 8.22. The summed E-state index contributed by atoms with van der Waals surface area (Å²) >= 11 is 11.3. The van der Waals surface area contributed by atoms with Crippen LogP contribution in [-0.2, 0) is 11.2 Å². The number of hydrogen-bond acceptors (Lipinski definition) is 3. The number of hydrogen-bond donors (Lipinski definition) is 2. The third kappa shape index (κ3) is 5.98. The molecule has 0 aliphatic carbocycles. The fourth-order valence-electron chi connectivity index (χ4n) is 2.21. The third-order valence-corrected chi connectivity index (χ3v) is 4.04. The minimum Gasteiger partial charge on any atom is -0.406 e. The van der Waals surface area contributed by atoms with Crippen molar-refractivity contribution in [3.05, 3.63) is 57.8 Å². The maximum atomic E-state index is 13.4. The average Bonchev–Trinajstić information content (AvgIpc) is 2.52. The summed E-state index contributed by atoms with van der Waals surface area (Å²) in [6.07, 6.45) is -4.77. The van der Waals surface area contributed by atoms with Crippen molar-refractivity contribution in [2.45, 2.75) is 25.2 Å². The Balaban J connectivity index is 2.08. The van der Waals surface area contributed by atoms with Crippen LogP contribution in [0.5, 0.6) is 5.75 Å². The molecule has 0 spiro atoms. The number of rotatable bonds is 5. The predicted molar refractivity (Wildman–Crippen MR) is 94.5 cm³/mol. The predicted octanol–water partition coefficient (Wildman–Crippen LogP) is 4.93. The first-order chi connectivity index (χ1) is 12.4. The first-order valence-electron chi connectivity index (χ1n) is 7.47. The first kappa shape index (κ1) is 21.3. The number of anilines is 1. The molecule has 1 atom stereocenters. The van der Waals surface area contributed by atoms with Gasteiger partial charge in [0.2, 0.25) is 5.91 Å². The van der Waals surface area contributed by atoms with Crippen LogP contribution in [0.3, 0.4) is 0 Å². The number of carbonyl (C=O) groups excluding carboxylic acids is 1. The average molecular weight is 425 g/mol. The van der Waals surface area contributed by atoms with Gasteiger partial charge in [0.25, 0.3) is 0 Å². The molecule has 27 heavy (non-hydrogen) atoms. The zero-order valence-corrected chi connectivity index (χ0v) is 15.3. The maximum Gasteiger partial charge on any atom is 0.573 e. The quantitative estimate of drug-likeness (QED) is 0.528. The van der Waals surface area contributed by atoms with Gasteiger partial charge in [-0.25, -0.2) is 4.39 Å². The molecule has 0 saturated heterocycles. The molecule has 146 valence electrons. The van der Waals surface area contributed by atoms with Crippen LogP contribution in [0.2, 0.25) is 10.0 Å². The topological polar surface area (TPSA) is 64.3 Å². The van der Waals surface area contributed by atoms with E-state index in [1.165, 1.54) is 31.2 Å².